The Bertz CT molecular complexity index is 562. The maximum Gasteiger partial charge on any atom is 1.00 e. The molecule has 0 unspecified atom stereocenters. The van der Waals surface area contributed by atoms with Crippen LogP contribution >= 0.6 is 0 Å². The van der Waals surface area contributed by atoms with E-state index in [2.05, 4.69) is 70.2 Å². The van der Waals surface area contributed by atoms with E-state index in [1.807, 2.05) is 25.1 Å². The van der Waals surface area contributed by atoms with E-state index in [-0.39, 0.29) is 39.4 Å². The molecule has 263 valence electrons. The van der Waals surface area contributed by atoms with Crippen molar-refractivity contribution >= 4 is 20.9 Å². The van der Waals surface area contributed by atoms with Crippen LogP contribution in [0.2, 0.25) is 0 Å². The number of hydrogen-bond acceptors (Lipinski definition) is 5. The molecule has 0 amide bonds. The predicted octanol–water partition coefficient (Wildman–Crippen LogP) is 7.24. The summed E-state index contributed by atoms with van der Waals surface area (Å²) in [5, 5.41) is 10.4. The maximum absolute atomic E-state index is 9.40. The van der Waals surface area contributed by atoms with Crippen LogP contribution in [0, 0.1) is 6.92 Å². The number of aryl methyl sites for hydroxylation is 1. The van der Waals surface area contributed by atoms with Crippen molar-refractivity contribution in [3.05, 3.63) is 35.9 Å². The number of carbonyl (C=O) groups is 1. The van der Waals surface area contributed by atoms with Gasteiger partial charge in [0, 0.05) is 28.5 Å². The molecule has 0 bridgehead atoms. The van der Waals surface area contributed by atoms with E-state index < -0.39 is 0 Å². The average Bonchev–Trinajstić information content (AvgIpc) is 3.04. The number of nitrogens with two attached hydrogens (primary N) is 1. The monoisotopic (exact) mass is 645 g/mol. The molecular formula is C38H80BN3NaO2. The smallest absolute Gasteiger partial charge is 1.00 e. The van der Waals surface area contributed by atoms with Crippen LogP contribution in [0.5, 0.6) is 0 Å². The van der Waals surface area contributed by atoms with Gasteiger partial charge in [-0.25, -0.2) is 0 Å². The van der Waals surface area contributed by atoms with Gasteiger partial charge in [-0.15, -0.1) is 0 Å². The van der Waals surface area contributed by atoms with E-state index in [4.69, 9.17) is 10.8 Å². The van der Waals surface area contributed by atoms with Crippen LogP contribution in [0.4, 0.5) is 0 Å². The van der Waals surface area contributed by atoms with E-state index in [1.54, 1.807) is 0 Å². The molecule has 1 aromatic rings. The third-order valence-corrected chi connectivity index (χ3v) is 6.01. The molecular weight excluding hydrogens is 564 g/mol. The molecule has 0 aliphatic rings. The summed E-state index contributed by atoms with van der Waals surface area (Å²) in [4.78, 5) is 13.7. The summed E-state index contributed by atoms with van der Waals surface area (Å²) >= 11 is 0. The van der Waals surface area contributed by atoms with Gasteiger partial charge < -0.3 is 22.4 Å². The molecule has 0 aliphatic heterocycles. The molecule has 7 heteroatoms. The molecule has 0 spiro atoms. The second-order valence-corrected chi connectivity index (χ2v) is 10.6. The first kappa shape index (κ1) is 59.9. The number of rotatable bonds is 21. The van der Waals surface area contributed by atoms with Gasteiger partial charge >= 0.3 is 29.6 Å². The summed E-state index contributed by atoms with van der Waals surface area (Å²) in [6, 6.07) is 10.3. The zero-order chi connectivity index (χ0) is 33.5. The molecule has 0 fully saturated rings. The summed E-state index contributed by atoms with van der Waals surface area (Å²) < 4.78 is 0. The number of nitrogens with one attached hydrogen (secondary N) is 1. The van der Waals surface area contributed by atoms with Crippen molar-refractivity contribution < 1.29 is 40.9 Å². The Hall–Kier alpha value is -0.495. The molecule has 3 radical (unpaired) electrons. The van der Waals surface area contributed by atoms with E-state index in [0.717, 1.165) is 39.3 Å². The molecule has 0 saturated heterocycles. The number of carbonyl (C=O) groups excluding carboxylic acids is 1. The third-order valence-electron chi connectivity index (χ3n) is 6.01. The van der Waals surface area contributed by atoms with Crippen LogP contribution in [-0.4, -0.2) is 59.3 Å². The molecule has 0 heterocycles. The Morgan fingerprint density at radius 1 is 0.689 bits per heavy atom. The zero-order valence-electron chi connectivity index (χ0n) is 33.1. The number of aliphatic hydroxyl groups excluding tert-OH is 1. The van der Waals surface area contributed by atoms with Crippen molar-refractivity contribution in [1.29, 1.82) is 0 Å². The van der Waals surface area contributed by atoms with E-state index in [9.17, 15) is 4.79 Å². The van der Waals surface area contributed by atoms with Gasteiger partial charge in [0.1, 0.15) is 6.29 Å². The number of aldehydes is 1. The Morgan fingerprint density at radius 2 is 1.16 bits per heavy atom. The second kappa shape index (κ2) is 70.0. The predicted molar refractivity (Wildman–Crippen MR) is 205 cm³/mol. The zero-order valence-corrected chi connectivity index (χ0v) is 34.1. The van der Waals surface area contributed by atoms with Crippen LogP contribution in [0.25, 0.3) is 0 Å². The first-order valence-electron chi connectivity index (χ1n) is 17.8. The van der Waals surface area contributed by atoms with Crippen LogP contribution in [0.3, 0.4) is 0 Å². The molecule has 1 aromatic carbocycles. The molecule has 0 saturated carbocycles. The minimum Gasteiger partial charge on any atom is -1.00 e. The number of hydrogen-bond donors (Lipinski definition) is 3. The first-order valence-corrected chi connectivity index (χ1v) is 17.8. The maximum atomic E-state index is 9.40. The number of nitrogens with zero attached hydrogens (tertiary/aromatic N) is 1. The SMILES string of the molecule is CCCC=NCCCCCC.CCCC=O.CCCCCCN.CCCCCCNCCCC.CO.Cc1ccccc1.[B].[H-].[Na+]. The van der Waals surface area contributed by atoms with E-state index in [0.29, 0.717) is 6.42 Å². The Kier molecular flexibility index (Phi) is 93.2. The van der Waals surface area contributed by atoms with E-state index >= 15 is 0 Å². The minimum absolute atomic E-state index is 0. The van der Waals surface area contributed by atoms with Crippen molar-refractivity contribution in [1.82, 2.24) is 5.32 Å². The second-order valence-electron chi connectivity index (χ2n) is 10.6. The van der Waals surface area contributed by atoms with Crippen molar-refractivity contribution in [3.8, 4) is 0 Å². The third kappa shape index (κ3) is 86.1. The fourth-order valence-corrected chi connectivity index (χ4v) is 3.27. The van der Waals surface area contributed by atoms with Crippen LogP contribution in [0.15, 0.2) is 35.3 Å². The van der Waals surface area contributed by atoms with Gasteiger partial charge in [0.15, 0.2) is 0 Å². The summed E-state index contributed by atoms with van der Waals surface area (Å²) in [6.45, 7) is 19.5. The molecule has 5 nitrogen and oxygen atoms in total. The van der Waals surface area contributed by atoms with Crippen molar-refractivity contribution in [2.75, 3.05) is 33.3 Å². The van der Waals surface area contributed by atoms with Gasteiger partial charge in [0.25, 0.3) is 0 Å². The fraction of sp³-hybridized carbons (Fsp3) is 0.789. The molecule has 1 rings (SSSR count). The first-order chi connectivity index (χ1) is 21.1. The average molecular weight is 645 g/mol. The topological polar surface area (TPSA) is 87.7 Å². The number of benzene rings is 1. The Morgan fingerprint density at radius 3 is 1.53 bits per heavy atom. The minimum atomic E-state index is 0. The number of unbranched alkanes of at least 4 members (excludes halogenated alkanes) is 12. The van der Waals surface area contributed by atoms with Gasteiger partial charge in [-0.3, -0.25) is 4.99 Å². The Balaban J connectivity index is -0.0000000649. The van der Waals surface area contributed by atoms with Gasteiger partial charge in [-0.05, 0) is 71.3 Å². The van der Waals surface area contributed by atoms with Crippen LogP contribution in [-0.2, 0) is 4.79 Å². The van der Waals surface area contributed by atoms with Crippen molar-refractivity contribution in [3.63, 3.8) is 0 Å². The summed E-state index contributed by atoms with van der Waals surface area (Å²) in [6.07, 6.45) is 25.6. The number of aliphatic hydroxyl groups is 1. The van der Waals surface area contributed by atoms with Crippen molar-refractivity contribution in [2.45, 2.75) is 164 Å². The van der Waals surface area contributed by atoms with Crippen LogP contribution < -0.4 is 40.6 Å². The van der Waals surface area contributed by atoms with Gasteiger partial charge in [0.2, 0.25) is 0 Å². The largest absolute Gasteiger partial charge is 1.00 e. The summed E-state index contributed by atoms with van der Waals surface area (Å²) in [5.74, 6) is 0. The van der Waals surface area contributed by atoms with Crippen molar-refractivity contribution in [2.24, 2.45) is 10.7 Å². The van der Waals surface area contributed by atoms with Gasteiger partial charge in [-0.2, -0.15) is 0 Å². The molecule has 0 aliphatic carbocycles. The summed E-state index contributed by atoms with van der Waals surface area (Å²) in [5.41, 5.74) is 6.59. The normalized spacial score (nSPS) is 9.02. The molecule has 0 atom stereocenters. The molecule has 0 aromatic heterocycles. The van der Waals surface area contributed by atoms with E-state index in [1.165, 1.54) is 115 Å². The quantitative estimate of drug-likeness (QED) is 0.0570. The standard InChI is InChI=1S/C10H23N.C10H21N.C7H8.C6H15N.C4H8O.CH4O.B.Na.H/c2*1-3-5-7-8-10-11-9-6-4-2;1-7-5-3-2-4-6-7;1-2-3-4-5-6-7;1-2-3-4-5;1-2;;;/h11H,3-10H2,1-2H3;9H,3-8,10H2,1-2H3;2-6H,1H3;2-7H2,1H3;4H,2-3H2,1H3;2H,1H3;;;/q;;;;;;;+1;-1. The fourth-order valence-electron chi connectivity index (χ4n) is 3.27. The van der Waals surface area contributed by atoms with Gasteiger partial charge in [0.05, 0.1) is 0 Å². The van der Waals surface area contributed by atoms with Crippen LogP contribution in [0.1, 0.15) is 164 Å². The molecule has 4 N–H and O–H groups in total. The molecule has 45 heavy (non-hydrogen) atoms. The number of aliphatic imine (C=N–C) groups is 1. The van der Waals surface area contributed by atoms with Gasteiger partial charge in [-0.1, -0.05) is 148 Å². The Labute approximate surface area is 309 Å². The summed E-state index contributed by atoms with van der Waals surface area (Å²) in [7, 11) is 1.00.